The van der Waals surface area contributed by atoms with Crippen LogP contribution < -0.4 is 11.1 Å². The molecule has 0 spiro atoms. The number of nitrogen functional groups attached to an aromatic ring is 1. The maximum Gasteiger partial charge on any atom is 0.237 e. The van der Waals surface area contributed by atoms with Gasteiger partial charge in [0.05, 0.1) is 5.25 Å². The first-order valence-electron chi connectivity index (χ1n) is 5.14. The van der Waals surface area contributed by atoms with Gasteiger partial charge in [-0.05, 0) is 52.7 Å². The van der Waals surface area contributed by atoms with Crippen LogP contribution in [0.4, 0.5) is 11.4 Å². The predicted octanol–water partition coefficient (Wildman–Crippen LogP) is 2.87. The molecule has 3 N–H and O–H groups in total. The van der Waals surface area contributed by atoms with E-state index in [9.17, 15) is 4.79 Å². The van der Waals surface area contributed by atoms with Gasteiger partial charge in [-0.25, -0.2) is 0 Å². The van der Waals surface area contributed by atoms with E-state index >= 15 is 0 Å². The van der Waals surface area contributed by atoms with Gasteiger partial charge >= 0.3 is 0 Å². The molecule has 1 fully saturated rings. The van der Waals surface area contributed by atoms with E-state index in [1.807, 2.05) is 12.1 Å². The van der Waals surface area contributed by atoms with Gasteiger partial charge in [0.25, 0.3) is 0 Å². The molecule has 1 unspecified atom stereocenters. The molecule has 0 saturated carbocycles. The van der Waals surface area contributed by atoms with Gasteiger partial charge < -0.3 is 11.1 Å². The van der Waals surface area contributed by atoms with Crippen molar-refractivity contribution < 1.29 is 4.79 Å². The average Bonchev–Trinajstić information content (AvgIpc) is 2.77. The topological polar surface area (TPSA) is 55.1 Å². The Kier molecular flexibility index (Phi) is 3.76. The summed E-state index contributed by atoms with van der Waals surface area (Å²) < 4.78 is 0.810. The normalized spacial score (nSPS) is 19.7. The molecule has 5 heteroatoms. The quantitative estimate of drug-likeness (QED) is 0.826. The summed E-state index contributed by atoms with van der Waals surface area (Å²) in [6.07, 6.45) is 2.11. The highest BCUT2D eigenvalue weighted by Gasteiger charge is 2.23. The van der Waals surface area contributed by atoms with Gasteiger partial charge in [-0.1, -0.05) is 0 Å². The second-order valence-electron chi connectivity index (χ2n) is 3.73. The number of halogens is 1. The van der Waals surface area contributed by atoms with Crippen LogP contribution in [-0.4, -0.2) is 16.9 Å². The number of benzene rings is 1. The third-order valence-corrected chi connectivity index (χ3v) is 4.55. The summed E-state index contributed by atoms with van der Waals surface area (Å²) in [5.41, 5.74) is 7.14. The summed E-state index contributed by atoms with van der Waals surface area (Å²) in [7, 11) is 0. The fourth-order valence-electron chi connectivity index (χ4n) is 1.61. The van der Waals surface area contributed by atoms with E-state index in [1.165, 1.54) is 0 Å². The molecule has 1 aromatic carbocycles. The summed E-state index contributed by atoms with van der Waals surface area (Å²) in [6.45, 7) is 0. The summed E-state index contributed by atoms with van der Waals surface area (Å²) in [4.78, 5) is 11.8. The first kappa shape index (κ1) is 11.8. The number of nitrogens with two attached hydrogens (primary N) is 1. The van der Waals surface area contributed by atoms with E-state index in [0.29, 0.717) is 5.69 Å². The molecule has 1 aliphatic rings. The van der Waals surface area contributed by atoms with E-state index in [0.717, 1.165) is 28.8 Å². The number of carbonyl (C=O) groups is 1. The zero-order chi connectivity index (χ0) is 11.5. The molecule has 1 aliphatic heterocycles. The van der Waals surface area contributed by atoms with Crippen LogP contribution >= 0.6 is 27.7 Å². The van der Waals surface area contributed by atoms with Crippen LogP contribution in [0.15, 0.2) is 22.7 Å². The van der Waals surface area contributed by atoms with Gasteiger partial charge in [-0.3, -0.25) is 4.79 Å². The van der Waals surface area contributed by atoms with Crippen LogP contribution in [0.25, 0.3) is 0 Å². The second-order valence-corrected chi connectivity index (χ2v) is 5.89. The van der Waals surface area contributed by atoms with E-state index < -0.39 is 0 Å². The SMILES string of the molecule is Nc1ccc(NC(=O)C2CCCS2)cc1Br. The molecular weight excluding hydrogens is 288 g/mol. The Morgan fingerprint density at radius 3 is 3.00 bits per heavy atom. The highest BCUT2D eigenvalue weighted by Crippen LogP contribution is 2.28. The Morgan fingerprint density at radius 1 is 1.56 bits per heavy atom. The lowest BCUT2D eigenvalue weighted by Crippen LogP contribution is -2.22. The molecule has 16 heavy (non-hydrogen) atoms. The maximum atomic E-state index is 11.8. The van der Waals surface area contributed by atoms with Crippen LogP contribution in [0.2, 0.25) is 0 Å². The summed E-state index contributed by atoms with van der Waals surface area (Å²) in [6, 6.07) is 5.42. The van der Waals surface area contributed by atoms with Crippen LogP contribution in [-0.2, 0) is 4.79 Å². The van der Waals surface area contributed by atoms with Crippen molar-refractivity contribution in [1.82, 2.24) is 0 Å². The molecule has 0 aromatic heterocycles. The highest BCUT2D eigenvalue weighted by molar-refractivity contribution is 9.10. The van der Waals surface area contributed by atoms with Crippen molar-refractivity contribution in [2.45, 2.75) is 18.1 Å². The molecule has 1 atom stereocenters. The first-order valence-corrected chi connectivity index (χ1v) is 6.98. The van der Waals surface area contributed by atoms with Crippen LogP contribution in [0.3, 0.4) is 0 Å². The van der Waals surface area contributed by atoms with Crippen molar-refractivity contribution >= 4 is 45.0 Å². The highest BCUT2D eigenvalue weighted by atomic mass is 79.9. The Labute approximate surface area is 107 Å². The van der Waals surface area contributed by atoms with Gasteiger partial charge in [0.2, 0.25) is 5.91 Å². The maximum absolute atomic E-state index is 11.8. The number of nitrogens with one attached hydrogen (secondary N) is 1. The Bertz CT molecular complexity index is 405. The van der Waals surface area contributed by atoms with Crippen molar-refractivity contribution in [2.75, 3.05) is 16.8 Å². The molecule has 0 aliphatic carbocycles. The predicted molar refractivity (Wildman–Crippen MR) is 72.7 cm³/mol. The monoisotopic (exact) mass is 300 g/mol. The second kappa shape index (κ2) is 5.10. The van der Waals surface area contributed by atoms with E-state index in [2.05, 4.69) is 21.2 Å². The van der Waals surface area contributed by atoms with E-state index in [1.54, 1.807) is 17.8 Å². The standard InChI is InChI=1S/C11H13BrN2OS/c12-8-6-7(3-4-9(8)13)14-11(15)10-2-1-5-16-10/h3-4,6,10H,1-2,5,13H2,(H,14,15). The molecule has 0 bridgehead atoms. The fraction of sp³-hybridized carbons (Fsp3) is 0.364. The minimum absolute atomic E-state index is 0.0965. The molecule has 2 rings (SSSR count). The number of hydrogen-bond acceptors (Lipinski definition) is 3. The molecular formula is C11H13BrN2OS. The number of anilines is 2. The van der Waals surface area contributed by atoms with Crippen molar-refractivity contribution in [3.63, 3.8) is 0 Å². The van der Waals surface area contributed by atoms with Crippen molar-refractivity contribution in [3.8, 4) is 0 Å². The summed E-state index contributed by atoms with van der Waals surface area (Å²) in [5.74, 6) is 1.18. The largest absolute Gasteiger partial charge is 0.398 e. The van der Waals surface area contributed by atoms with Crippen LogP contribution in [0.1, 0.15) is 12.8 Å². The minimum atomic E-state index is 0.0965. The molecule has 0 radical (unpaired) electrons. The van der Waals surface area contributed by atoms with Crippen molar-refractivity contribution in [3.05, 3.63) is 22.7 Å². The third-order valence-electron chi connectivity index (χ3n) is 2.49. The molecule has 1 saturated heterocycles. The molecule has 1 aromatic rings. The number of amides is 1. The average molecular weight is 301 g/mol. The number of hydrogen-bond donors (Lipinski definition) is 2. The van der Waals surface area contributed by atoms with E-state index in [-0.39, 0.29) is 11.2 Å². The zero-order valence-corrected chi connectivity index (χ0v) is 11.1. The number of carbonyl (C=O) groups excluding carboxylic acids is 1. The van der Waals surface area contributed by atoms with Gasteiger partial charge in [0.1, 0.15) is 0 Å². The lowest BCUT2D eigenvalue weighted by atomic mass is 10.2. The van der Waals surface area contributed by atoms with Crippen LogP contribution in [0.5, 0.6) is 0 Å². The molecule has 1 heterocycles. The zero-order valence-electron chi connectivity index (χ0n) is 8.70. The van der Waals surface area contributed by atoms with Crippen molar-refractivity contribution in [1.29, 1.82) is 0 Å². The fourth-order valence-corrected chi connectivity index (χ4v) is 3.15. The number of thioether (sulfide) groups is 1. The molecule has 86 valence electrons. The molecule has 3 nitrogen and oxygen atoms in total. The summed E-state index contributed by atoms with van der Waals surface area (Å²) in [5, 5.41) is 3.01. The summed E-state index contributed by atoms with van der Waals surface area (Å²) >= 11 is 5.07. The third kappa shape index (κ3) is 2.71. The number of rotatable bonds is 2. The van der Waals surface area contributed by atoms with E-state index in [4.69, 9.17) is 5.73 Å². The Hall–Kier alpha value is -0.680. The minimum Gasteiger partial charge on any atom is -0.398 e. The van der Waals surface area contributed by atoms with Crippen molar-refractivity contribution in [2.24, 2.45) is 0 Å². The lowest BCUT2D eigenvalue weighted by molar-refractivity contribution is -0.115. The van der Waals surface area contributed by atoms with Gasteiger partial charge in [-0.15, -0.1) is 11.8 Å². The van der Waals surface area contributed by atoms with Gasteiger partial charge in [0, 0.05) is 15.8 Å². The first-order chi connectivity index (χ1) is 7.66. The van der Waals surface area contributed by atoms with Gasteiger partial charge in [0.15, 0.2) is 0 Å². The smallest absolute Gasteiger partial charge is 0.237 e. The molecule has 1 amide bonds. The van der Waals surface area contributed by atoms with Crippen LogP contribution in [0, 0.1) is 0 Å². The Morgan fingerprint density at radius 2 is 2.38 bits per heavy atom. The lowest BCUT2D eigenvalue weighted by Gasteiger charge is -2.10. The Balaban J connectivity index is 2.02. The van der Waals surface area contributed by atoms with Gasteiger partial charge in [-0.2, -0.15) is 0 Å².